The maximum absolute atomic E-state index is 11.8. The van der Waals surface area contributed by atoms with E-state index >= 15 is 0 Å². The fourth-order valence-electron chi connectivity index (χ4n) is 2.05. The average Bonchev–Trinajstić information content (AvgIpc) is 2.71. The zero-order chi connectivity index (χ0) is 12.5. The van der Waals surface area contributed by atoms with Gasteiger partial charge in [0.2, 0.25) is 10.0 Å². The van der Waals surface area contributed by atoms with E-state index in [1.807, 2.05) is 24.3 Å². The van der Waals surface area contributed by atoms with Crippen LogP contribution < -0.4 is 4.72 Å². The van der Waals surface area contributed by atoms with E-state index in [0.29, 0.717) is 0 Å². The van der Waals surface area contributed by atoms with E-state index in [1.165, 1.54) is 12.5 Å². The van der Waals surface area contributed by atoms with Gasteiger partial charge in [-0.1, -0.05) is 24.3 Å². The molecule has 0 spiro atoms. The van der Waals surface area contributed by atoms with Crippen molar-refractivity contribution >= 4 is 10.0 Å². The van der Waals surface area contributed by atoms with Gasteiger partial charge in [-0.25, -0.2) is 13.1 Å². The van der Waals surface area contributed by atoms with Crippen molar-refractivity contribution in [2.75, 3.05) is 0 Å². The fraction of sp³-hybridized carbons (Fsp3) is 0.417. The lowest BCUT2D eigenvalue weighted by atomic mass is 10.1. The quantitative estimate of drug-likeness (QED) is 0.884. The van der Waals surface area contributed by atoms with Crippen molar-refractivity contribution < 1.29 is 8.42 Å². The Bertz CT molecular complexity index is 560. The van der Waals surface area contributed by atoms with Crippen LogP contribution in [0.2, 0.25) is 0 Å². The van der Waals surface area contributed by atoms with Crippen LogP contribution in [0, 0.1) is 11.3 Å². The smallest absolute Gasteiger partial charge is 0.211 e. The Labute approximate surface area is 101 Å². The molecule has 1 aliphatic carbocycles. The summed E-state index contributed by atoms with van der Waals surface area (Å²) in [4.78, 5) is 0. The van der Waals surface area contributed by atoms with Gasteiger partial charge in [0.05, 0.1) is 6.07 Å². The molecule has 0 aliphatic heterocycles. The highest BCUT2D eigenvalue weighted by molar-refractivity contribution is 7.90. The molecule has 0 aromatic heterocycles. The molecule has 0 saturated heterocycles. The van der Waals surface area contributed by atoms with Gasteiger partial charge in [-0.15, -0.1) is 0 Å². The third-order valence-electron chi connectivity index (χ3n) is 3.09. The molecule has 1 aliphatic rings. The van der Waals surface area contributed by atoms with E-state index in [9.17, 15) is 8.42 Å². The van der Waals surface area contributed by atoms with Crippen LogP contribution in [0.15, 0.2) is 24.3 Å². The van der Waals surface area contributed by atoms with Crippen LogP contribution in [0.1, 0.15) is 30.5 Å². The number of benzene rings is 1. The van der Waals surface area contributed by atoms with Crippen molar-refractivity contribution in [3.63, 3.8) is 0 Å². The van der Waals surface area contributed by atoms with Gasteiger partial charge >= 0.3 is 0 Å². The first-order valence-corrected chi connectivity index (χ1v) is 7.08. The largest absolute Gasteiger partial charge is 0.228 e. The Morgan fingerprint density at radius 1 is 1.47 bits per heavy atom. The van der Waals surface area contributed by atoms with Crippen molar-refractivity contribution in [3.8, 4) is 6.07 Å². The number of sulfonamides is 1. The molecule has 17 heavy (non-hydrogen) atoms. The molecule has 0 bridgehead atoms. The molecule has 0 radical (unpaired) electrons. The van der Waals surface area contributed by atoms with Crippen molar-refractivity contribution in [1.29, 1.82) is 5.26 Å². The molecular formula is C12H14N2O2S. The summed E-state index contributed by atoms with van der Waals surface area (Å²) >= 11 is 0. The molecular weight excluding hydrogens is 236 g/mol. The second-order valence-corrected chi connectivity index (χ2v) is 6.26. The molecule has 2 rings (SSSR count). The van der Waals surface area contributed by atoms with Crippen molar-refractivity contribution in [2.45, 2.75) is 31.1 Å². The summed E-state index contributed by atoms with van der Waals surface area (Å²) in [7, 11) is -3.55. The molecule has 0 saturated carbocycles. The predicted molar refractivity (Wildman–Crippen MR) is 64.6 cm³/mol. The second kappa shape index (κ2) is 4.47. The number of hydrogen-bond donors (Lipinski definition) is 1. The van der Waals surface area contributed by atoms with Crippen LogP contribution >= 0.6 is 0 Å². The lowest BCUT2D eigenvalue weighted by Gasteiger charge is -2.15. The summed E-state index contributed by atoms with van der Waals surface area (Å²) in [6, 6.07) is 9.37. The predicted octanol–water partition coefficient (Wildman–Crippen LogP) is 1.51. The topological polar surface area (TPSA) is 70.0 Å². The van der Waals surface area contributed by atoms with Gasteiger partial charge < -0.3 is 0 Å². The maximum Gasteiger partial charge on any atom is 0.228 e. The maximum atomic E-state index is 11.8. The molecule has 0 fully saturated rings. The normalized spacial score (nSPS) is 20.6. The summed E-state index contributed by atoms with van der Waals surface area (Å²) in [5, 5.41) is 7.65. The lowest BCUT2D eigenvalue weighted by molar-refractivity contribution is 0.550. The minimum absolute atomic E-state index is 0.188. The molecule has 90 valence electrons. The molecule has 0 heterocycles. The van der Waals surface area contributed by atoms with E-state index in [-0.39, 0.29) is 6.04 Å². The SMILES string of the molecule is CC(C#N)S(=O)(=O)NC1CCc2ccccc21. The number of nitrogens with zero attached hydrogens (tertiary/aromatic N) is 1. The van der Waals surface area contributed by atoms with Gasteiger partial charge in [0.15, 0.2) is 5.25 Å². The van der Waals surface area contributed by atoms with Crippen LogP contribution in [-0.2, 0) is 16.4 Å². The van der Waals surface area contributed by atoms with Crippen LogP contribution in [0.5, 0.6) is 0 Å². The summed E-state index contributed by atoms with van der Waals surface area (Å²) < 4.78 is 26.2. The van der Waals surface area contributed by atoms with Crippen LogP contribution in [0.3, 0.4) is 0 Å². The summed E-state index contributed by atoms with van der Waals surface area (Å²) in [6.07, 6.45) is 1.64. The van der Waals surface area contributed by atoms with Gasteiger partial charge in [-0.05, 0) is 30.9 Å². The molecule has 4 nitrogen and oxygen atoms in total. The van der Waals surface area contributed by atoms with Crippen LogP contribution in [-0.4, -0.2) is 13.7 Å². The van der Waals surface area contributed by atoms with E-state index in [2.05, 4.69) is 4.72 Å². The first-order chi connectivity index (χ1) is 8.04. The van der Waals surface area contributed by atoms with E-state index in [0.717, 1.165) is 18.4 Å². The Kier molecular flexibility index (Phi) is 3.18. The number of rotatable bonds is 3. The van der Waals surface area contributed by atoms with E-state index in [1.54, 1.807) is 6.07 Å². The summed E-state index contributed by atoms with van der Waals surface area (Å²) in [5.41, 5.74) is 2.21. The van der Waals surface area contributed by atoms with Gasteiger partial charge in [0.1, 0.15) is 0 Å². The number of nitriles is 1. The molecule has 5 heteroatoms. The van der Waals surface area contributed by atoms with Crippen molar-refractivity contribution in [3.05, 3.63) is 35.4 Å². The number of aryl methyl sites for hydroxylation is 1. The number of hydrogen-bond acceptors (Lipinski definition) is 3. The zero-order valence-electron chi connectivity index (χ0n) is 9.55. The summed E-state index contributed by atoms with van der Waals surface area (Å²) in [6.45, 7) is 1.39. The molecule has 1 N–H and O–H groups in total. The number of fused-ring (bicyclic) bond motifs is 1. The zero-order valence-corrected chi connectivity index (χ0v) is 10.4. The molecule has 0 amide bonds. The molecule has 2 unspecified atom stereocenters. The van der Waals surface area contributed by atoms with Gasteiger partial charge in [-0.2, -0.15) is 5.26 Å². The fourth-order valence-corrected chi connectivity index (χ4v) is 3.03. The van der Waals surface area contributed by atoms with Gasteiger partial charge in [-0.3, -0.25) is 0 Å². The first-order valence-electron chi connectivity index (χ1n) is 5.53. The lowest BCUT2D eigenvalue weighted by Crippen LogP contribution is -2.34. The highest BCUT2D eigenvalue weighted by atomic mass is 32.2. The highest BCUT2D eigenvalue weighted by Crippen LogP contribution is 2.31. The van der Waals surface area contributed by atoms with Crippen molar-refractivity contribution in [1.82, 2.24) is 4.72 Å². The van der Waals surface area contributed by atoms with Crippen LogP contribution in [0.4, 0.5) is 0 Å². The number of nitrogens with one attached hydrogen (secondary N) is 1. The highest BCUT2D eigenvalue weighted by Gasteiger charge is 2.29. The van der Waals surface area contributed by atoms with E-state index in [4.69, 9.17) is 5.26 Å². The minimum atomic E-state index is -3.55. The Hall–Kier alpha value is -1.38. The Morgan fingerprint density at radius 3 is 2.88 bits per heavy atom. The van der Waals surface area contributed by atoms with Gasteiger partial charge in [0.25, 0.3) is 0 Å². The Morgan fingerprint density at radius 2 is 2.18 bits per heavy atom. The van der Waals surface area contributed by atoms with Crippen molar-refractivity contribution in [2.24, 2.45) is 0 Å². The van der Waals surface area contributed by atoms with Crippen LogP contribution in [0.25, 0.3) is 0 Å². The first kappa shape index (κ1) is 12.1. The third kappa shape index (κ3) is 2.33. The standard InChI is InChI=1S/C12H14N2O2S/c1-9(8-13)17(15,16)14-12-7-6-10-4-2-3-5-11(10)12/h2-5,9,12,14H,6-7H2,1H3. The molecule has 2 atom stereocenters. The molecule has 1 aromatic carbocycles. The monoisotopic (exact) mass is 250 g/mol. The minimum Gasteiger partial charge on any atom is -0.211 e. The van der Waals surface area contributed by atoms with Gasteiger partial charge in [0, 0.05) is 6.04 Å². The Balaban J connectivity index is 2.21. The third-order valence-corrected chi connectivity index (χ3v) is 4.74. The molecule has 1 aromatic rings. The second-order valence-electron chi connectivity index (χ2n) is 4.22. The van der Waals surface area contributed by atoms with E-state index < -0.39 is 15.3 Å². The summed E-state index contributed by atoms with van der Waals surface area (Å²) in [5.74, 6) is 0. The average molecular weight is 250 g/mol.